The number of rotatable bonds is 2. The third-order valence-corrected chi connectivity index (χ3v) is 3.76. The molecule has 2 saturated carbocycles. The Morgan fingerprint density at radius 2 is 1.92 bits per heavy atom. The van der Waals surface area contributed by atoms with Crippen LogP contribution in [0.4, 0.5) is 0 Å². The fourth-order valence-electron chi connectivity index (χ4n) is 3.01. The van der Waals surface area contributed by atoms with Crippen LogP contribution in [0.25, 0.3) is 0 Å². The molecule has 0 amide bonds. The van der Waals surface area contributed by atoms with Gasteiger partial charge in [-0.15, -0.1) is 0 Å². The second-order valence-corrected chi connectivity index (χ2v) is 4.51. The van der Waals surface area contributed by atoms with E-state index in [1.54, 1.807) is 0 Å². The van der Waals surface area contributed by atoms with Crippen LogP contribution in [-0.2, 0) is 4.74 Å². The van der Waals surface area contributed by atoms with Crippen molar-refractivity contribution in [2.45, 2.75) is 37.8 Å². The van der Waals surface area contributed by atoms with Crippen molar-refractivity contribution < 1.29 is 4.74 Å². The molecule has 3 rings (SSSR count). The van der Waals surface area contributed by atoms with Crippen LogP contribution in [0.5, 0.6) is 0 Å². The van der Waals surface area contributed by atoms with E-state index >= 15 is 0 Å². The molecule has 1 N–H and O–H groups in total. The van der Waals surface area contributed by atoms with Gasteiger partial charge in [-0.05, 0) is 31.1 Å². The van der Waals surface area contributed by atoms with E-state index < -0.39 is 0 Å². The molecule has 3 fully saturated rings. The minimum absolute atomic E-state index is 0.681. The van der Waals surface area contributed by atoms with Crippen molar-refractivity contribution in [2.24, 2.45) is 11.8 Å². The van der Waals surface area contributed by atoms with Crippen molar-refractivity contribution in [3.63, 3.8) is 0 Å². The van der Waals surface area contributed by atoms with Gasteiger partial charge in [-0.2, -0.15) is 0 Å². The van der Waals surface area contributed by atoms with E-state index in [-0.39, 0.29) is 0 Å². The summed E-state index contributed by atoms with van der Waals surface area (Å²) in [5, 5.41) is 3.73. The van der Waals surface area contributed by atoms with Gasteiger partial charge >= 0.3 is 0 Å². The van der Waals surface area contributed by atoms with Crippen molar-refractivity contribution >= 4 is 0 Å². The first-order valence-electron chi connectivity index (χ1n) is 5.29. The van der Waals surface area contributed by atoms with E-state index in [1.807, 2.05) is 0 Å². The van der Waals surface area contributed by atoms with E-state index in [4.69, 9.17) is 4.74 Å². The molecule has 0 bridgehead atoms. The number of nitrogens with one attached hydrogen (secondary N) is 1. The van der Waals surface area contributed by atoms with E-state index in [1.165, 1.54) is 25.7 Å². The maximum absolute atomic E-state index is 5.35. The summed E-state index contributed by atoms with van der Waals surface area (Å²) in [5.41, 5.74) is 0. The number of hydrogen-bond acceptors (Lipinski definition) is 2. The van der Waals surface area contributed by atoms with E-state index in [0.29, 0.717) is 6.04 Å². The second-order valence-electron chi connectivity index (χ2n) is 4.51. The van der Waals surface area contributed by atoms with E-state index in [2.05, 4.69) is 5.32 Å². The first kappa shape index (κ1) is 7.34. The quantitative estimate of drug-likeness (QED) is 0.666. The van der Waals surface area contributed by atoms with Gasteiger partial charge in [0.1, 0.15) is 0 Å². The Kier molecular flexibility index (Phi) is 1.66. The predicted molar refractivity (Wildman–Crippen MR) is 47.0 cm³/mol. The summed E-state index contributed by atoms with van der Waals surface area (Å²) in [4.78, 5) is 0. The minimum atomic E-state index is 0.681. The molecule has 1 saturated heterocycles. The summed E-state index contributed by atoms with van der Waals surface area (Å²) in [7, 11) is 0. The van der Waals surface area contributed by atoms with Crippen LogP contribution in [0, 0.1) is 11.8 Å². The molecule has 0 radical (unpaired) electrons. The second kappa shape index (κ2) is 2.71. The summed E-state index contributed by atoms with van der Waals surface area (Å²) in [6.07, 6.45) is 5.68. The fourth-order valence-corrected chi connectivity index (χ4v) is 3.01. The molecule has 1 heterocycles. The van der Waals surface area contributed by atoms with Gasteiger partial charge in [0.25, 0.3) is 0 Å². The number of ether oxygens (including phenoxy) is 1. The zero-order chi connectivity index (χ0) is 7.97. The summed E-state index contributed by atoms with van der Waals surface area (Å²) < 4.78 is 5.35. The van der Waals surface area contributed by atoms with Gasteiger partial charge < -0.3 is 10.1 Å². The van der Waals surface area contributed by atoms with Crippen LogP contribution >= 0.6 is 0 Å². The molecule has 3 aliphatic rings. The van der Waals surface area contributed by atoms with Gasteiger partial charge in [0, 0.05) is 18.7 Å². The van der Waals surface area contributed by atoms with Crippen LogP contribution in [0.2, 0.25) is 0 Å². The van der Waals surface area contributed by atoms with Crippen LogP contribution in [-0.4, -0.2) is 25.3 Å². The van der Waals surface area contributed by atoms with Crippen LogP contribution in [0.3, 0.4) is 0 Å². The van der Waals surface area contributed by atoms with Gasteiger partial charge in [0.05, 0.1) is 6.61 Å². The van der Waals surface area contributed by atoms with Crippen molar-refractivity contribution in [3.8, 4) is 0 Å². The highest BCUT2D eigenvalue weighted by molar-refractivity contribution is 5.07. The Balaban J connectivity index is 1.50. The topological polar surface area (TPSA) is 21.3 Å². The molecule has 0 spiro atoms. The smallest absolute Gasteiger partial charge is 0.0620 e. The van der Waals surface area contributed by atoms with E-state index in [0.717, 1.165) is 31.1 Å². The molecule has 2 heteroatoms. The van der Waals surface area contributed by atoms with Crippen LogP contribution < -0.4 is 5.32 Å². The molecule has 68 valence electrons. The van der Waals surface area contributed by atoms with Gasteiger partial charge in [-0.25, -0.2) is 0 Å². The molecule has 0 aromatic heterocycles. The average molecular weight is 167 g/mol. The molecule has 1 aliphatic heterocycles. The number of fused-ring (bicyclic) bond motifs is 1. The van der Waals surface area contributed by atoms with Crippen LogP contribution in [0.15, 0.2) is 0 Å². The first-order valence-corrected chi connectivity index (χ1v) is 5.29. The van der Waals surface area contributed by atoms with Crippen molar-refractivity contribution in [1.82, 2.24) is 5.32 Å². The Morgan fingerprint density at radius 3 is 2.58 bits per heavy atom. The summed E-state index contributed by atoms with van der Waals surface area (Å²) in [6, 6.07) is 1.56. The summed E-state index contributed by atoms with van der Waals surface area (Å²) >= 11 is 0. The molecule has 12 heavy (non-hydrogen) atoms. The van der Waals surface area contributed by atoms with Crippen molar-refractivity contribution in [2.75, 3.05) is 13.2 Å². The van der Waals surface area contributed by atoms with Crippen LogP contribution in [0.1, 0.15) is 25.7 Å². The molecule has 2 nitrogen and oxygen atoms in total. The third kappa shape index (κ3) is 1.09. The highest BCUT2D eigenvalue weighted by atomic mass is 16.5. The normalized spacial score (nSPS) is 51.0. The minimum Gasteiger partial charge on any atom is -0.380 e. The van der Waals surface area contributed by atoms with Gasteiger partial charge in [-0.3, -0.25) is 0 Å². The standard InChI is InChI=1S/C10H17NO/c1-2-8-9(3-1)10(8)11-7-4-5-12-6-7/h7-11H,1-6H2. The predicted octanol–water partition coefficient (Wildman–Crippen LogP) is 1.16. The Morgan fingerprint density at radius 1 is 1.08 bits per heavy atom. The van der Waals surface area contributed by atoms with E-state index in [9.17, 15) is 0 Å². The highest BCUT2D eigenvalue weighted by Crippen LogP contribution is 2.52. The molecule has 0 aromatic carbocycles. The zero-order valence-corrected chi connectivity index (χ0v) is 7.46. The molecule has 3 atom stereocenters. The lowest BCUT2D eigenvalue weighted by atomic mass is 10.2. The van der Waals surface area contributed by atoms with Crippen molar-refractivity contribution in [3.05, 3.63) is 0 Å². The Hall–Kier alpha value is -0.0800. The van der Waals surface area contributed by atoms with Gasteiger partial charge in [0.15, 0.2) is 0 Å². The SMILES string of the molecule is C1CC2C(C1)C2NC1CCOC1. The Bertz CT molecular complexity index is 167. The zero-order valence-electron chi connectivity index (χ0n) is 7.46. The lowest BCUT2D eigenvalue weighted by Crippen LogP contribution is -2.33. The first-order chi connectivity index (χ1) is 5.95. The Labute approximate surface area is 73.7 Å². The highest BCUT2D eigenvalue weighted by Gasteiger charge is 2.52. The summed E-state index contributed by atoms with van der Waals surface area (Å²) in [5.74, 6) is 2.09. The molecule has 3 unspecified atom stereocenters. The molecule has 0 aromatic rings. The maximum atomic E-state index is 5.35. The average Bonchev–Trinajstić information content (AvgIpc) is 2.59. The number of hydrogen-bond donors (Lipinski definition) is 1. The van der Waals surface area contributed by atoms with Crippen molar-refractivity contribution in [1.29, 1.82) is 0 Å². The lowest BCUT2D eigenvalue weighted by Gasteiger charge is -2.11. The maximum Gasteiger partial charge on any atom is 0.0620 e. The monoisotopic (exact) mass is 167 g/mol. The fraction of sp³-hybridized carbons (Fsp3) is 1.00. The largest absolute Gasteiger partial charge is 0.380 e. The summed E-state index contributed by atoms with van der Waals surface area (Å²) in [6.45, 7) is 1.93. The lowest BCUT2D eigenvalue weighted by molar-refractivity contribution is 0.189. The van der Waals surface area contributed by atoms with Gasteiger partial charge in [-0.1, -0.05) is 6.42 Å². The molecule has 2 aliphatic carbocycles. The third-order valence-electron chi connectivity index (χ3n) is 3.76. The van der Waals surface area contributed by atoms with Gasteiger partial charge in [0.2, 0.25) is 0 Å². The molecular formula is C10H17NO. The molecular weight excluding hydrogens is 150 g/mol.